The van der Waals surface area contributed by atoms with Gasteiger partial charge in [0.2, 0.25) is 11.1 Å². The van der Waals surface area contributed by atoms with E-state index in [9.17, 15) is 9.59 Å². The van der Waals surface area contributed by atoms with Crippen molar-refractivity contribution in [1.29, 1.82) is 0 Å². The Bertz CT molecular complexity index is 1410. The van der Waals surface area contributed by atoms with Crippen LogP contribution in [0.2, 0.25) is 0 Å². The molecule has 0 fully saturated rings. The molecule has 1 heterocycles. The maximum atomic E-state index is 13.0. The second-order valence-corrected chi connectivity index (χ2v) is 9.30. The number of carboxylic acid groups (broad SMARTS) is 1. The van der Waals surface area contributed by atoms with Gasteiger partial charge in [0.15, 0.2) is 0 Å². The SMILES string of the molecule is CCC(Sc1nnc(-c2ccc(OC)cc2)c(-c2ccc(OC)cc2)n1)C(=O)Nc1ccc(C(=O)O)cc1. The monoisotopic (exact) mass is 530 g/mol. The molecule has 0 radical (unpaired) electrons. The first-order chi connectivity index (χ1) is 18.4. The normalized spacial score (nSPS) is 11.4. The molecule has 0 bridgehead atoms. The van der Waals surface area contributed by atoms with Crippen LogP contribution in [0.1, 0.15) is 23.7 Å². The van der Waals surface area contributed by atoms with Gasteiger partial charge in [-0.25, -0.2) is 9.78 Å². The molecule has 0 spiro atoms. The number of carbonyl (C=O) groups excluding carboxylic acids is 1. The number of aromatic carboxylic acids is 1. The van der Waals surface area contributed by atoms with Gasteiger partial charge in [0.25, 0.3) is 0 Å². The summed E-state index contributed by atoms with van der Waals surface area (Å²) < 4.78 is 10.6. The summed E-state index contributed by atoms with van der Waals surface area (Å²) in [6.07, 6.45) is 0.519. The molecule has 1 aromatic heterocycles. The number of hydrogen-bond acceptors (Lipinski definition) is 8. The van der Waals surface area contributed by atoms with Crippen LogP contribution in [-0.4, -0.2) is 51.6 Å². The maximum Gasteiger partial charge on any atom is 0.335 e. The molecule has 0 saturated carbocycles. The van der Waals surface area contributed by atoms with Crippen molar-refractivity contribution in [2.75, 3.05) is 19.5 Å². The highest BCUT2D eigenvalue weighted by Gasteiger charge is 2.22. The summed E-state index contributed by atoms with van der Waals surface area (Å²) in [5.74, 6) is 0.173. The van der Waals surface area contributed by atoms with Crippen LogP contribution in [0.5, 0.6) is 11.5 Å². The smallest absolute Gasteiger partial charge is 0.335 e. The Balaban J connectivity index is 1.62. The number of carbonyl (C=O) groups is 2. The fraction of sp³-hybridized carbons (Fsp3) is 0.179. The molecule has 0 aliphatic heterocycles. The zero-order valence-electron chi connectivity index (χ0n) is 21.0. The lowest BCUT2D eigenvalue weighted by atomic mass is 10.0. The molecule has 1 atom stereocenters. The van der Waals surface area contributed by atoms with E-state index in [0.717, 1.165) is 22.6 Å². The number of nitrogens with one attached hydrogen (secondary N) is 1. The molecule has 38 heavy (non-hydrogen) atoms. The summed E-state index contributed by atoms with van der Waals surface area (Å²) in [4.78, 5) is 28.9. The minimum atomic E-state index is -1.03. The third kappa shape index (κ3) is 6.27. The summed E-state index contributed by atoms with van der Waals surface area (Å²) in [5.41, 5.74) is 3.51. The topological polar surface area (TPSA) is 124 Å². The number of rotatable bonds is 10. The van der Waals surface area contributed by atoms with E-state index in [1.807, 2.05) is 55.5 Å². The maximum absolute atomic E-state index is 13.0. The Morgan fingerprint density at radius 2 is 1.39 bits per heavy atom. The molecular weight excluding hydrogens is 504 g/mol. The van der Waals surface area contributed by atoms with Crippen molar-refractivity contribution in [3.8, 4) is 34.0 Å². The number of aromatic nitrogens is 3. The lowest BCUT2D eigenvalue weighted by molar-refractivity contribution is -0.115. The molecule has 0 aliphatic carbocycles. The minimum Gasteiger partial charge on any atom is -0.497 e. The van der Waals surface area contributed by atoms with Gasteiger partial charge in [-0.1, -0.05) is 18.7 Å². The van der Waals surface area contributed by atoms with Gasteiger partial charge in [-0.3, -0.25) is 4.79 Å². The lowest BCUT2D eigenvalue weighted by Gasteiger charge is -2.15. The predicted octanol–water partition coefficient (Wildman–Crippen LogP) is 5.43. The van der Waals surface area contributed by atoms with Crippen LogP contribution in [-0.2, 0) is 4.79 Å². The summed E-state index contributed by atoms with van der Waals surface area (Å²) >= 11 is 1.21. The van der Waals surface area contributed by atoms with Gasteiger partial charge < -0.3 is 19.9 Å². The van der Waals surface area contributed by atoms with Crippen LogP contribution in [0.4, 0.5) is 5.69 Å². The van der Waals surface area contributed by atoms with Crippen molar-refractivity contribution in [3.63, 3.8) is 0 Å². The van der Waals surface area contributed by atoms with E-state index in [2.05, 4.69) is 15.5 Å². The number of hydrogen-bond donors (Lipinski definition) is 2. The van der Waals surface area contributed by atoms with Gasteiger partial charge in [0, 0.05) is 16.8 Å². The highest BCUT2D eigenvalue weighted by molar-refractivity contribution is 8.00. The van der Waals surface area contributed by atoms with Crippen LogP contribution in [0.3, 0.4) is 0 Å². The van der Waals surface area contributed by atoms with Crippen molar-refractivity contribution in [2.45, 2.75) is 23.8 Å². The predicted molar refractivity (Wildman–Crippen MR) is 146 cm³/mol. The fourth-order valence-electron chi connectivity index (χ4n) is 3.62. The van der Waals surface area contributed by atoms with E-state index < -0.39 is 11.2 Å². The quantitative estimate of drug-likeness (QED) is 0.258. The zero-order valence-corrected chi connectivity index (χ0v) is 21.9. The van der Waals surface area contributed by atoms with E-state index in [1.165, 1.54) is 23.9 Å². The number of methoxy groups -OCH3 is 2. The minimum absolute atomic E-state index is 0.145. The summed E-state index contributed by atoms with van der Waals surface area (Å²) in [5, 5.41) is 20.6. The standard InChI is InChI=1S/C28H26N4O5S/c1-4-23(26(33)29-20-11-5-19(6-12-20)27(34)35)38-28-30-24(17-7-13-21(36-2)14-8-17)25(31-32-28)18-9-15-22(37-3)16-10-18/h5-16,23H,4H2,1-3H3,(H,29,33)(H,34,35). The van der Waals surface area contributed by atoms with Gasteiger partial charge in [-0.15, -0.1) is 10.2 Å². The lowest BCUT2D eigenvalue weighted by Crippen LogP contribution is -2.25. The molecule has 9 nitrogen and oxygen atoms in total. The Morgan fingerprint density at radius 3 is 1.89 bits per heavy atom. The van der Waals surface area contributed by atoms with Crippen molar-refractivity contribution >= 4 is 29.3 Å². The molecule has 2 N–H and O–H groups in total. The number of thioether (sulfide) groups is 1. The number of carboxylic acids is 1. The number of ether oxygens (including phenoxy) is 2. The first kappa shape index (κ1) is 26.6. The molecule has 10 heteroatoms. The number of anilines is 1. The van der Waals surface area contributed by atoms with E-state index in [0.29, 0.717) is 28.7 Å². The Hall–Kier alpha value is -4.44. The van der Waals surface area contributed by atoms with Crippen LogP contribution in [0, 0.1) is 0 Å². The molecule has 4 aromatic rings. The number of benzene rings is 3. The molecule has 4 rings (SSSR count). The van der Waals surface area contributed by atoms with E-state index >= 15 is 0 Å². The van der Waals surface area contributed by atoms with Gasteiger partial charge in [0.05, 0.1) is 25.0 Å². The van der Waals surface area contributed by atoms with E-state index in [-0.39, 0.29) is 11.5 Å². The van der Waals surface area contributed by atoms with Crippen molar-refractivity contribution in [3.05, 3.63) is 78.4 Å². The third-order valence-electron chi connectivity index (χ3n) is 5.70. The van der Waals surface area contributed by atoms with Crippen LogP contribution >= 0.6 is 11.8 Å². The van der Waals surface area contributed by atoms with Crippen LogP contribution in [0.15, 0.2) is 78.0 Å². The molecule has 1 amide bonds. The third-order valence-corrected chi connectivity index (χ3v) is 6.92. The Morgan fingerprint density at radius 1 is 0.842 bits per heavy atom. The number of nitrogens with zero attached hydrogens (tertiary/aromatic N) is 3. The largest absolute Gasteiger partial charge is 0.497 e. The van der Waals surface area contributed by atoms with Crippen LogP contribution < -0.4 is 14.8 Å². The fourth-order valence-corrected chi connectivity index (χ4v) is 4.44. The number of amides is 1. The van der Waals surface area contributed by atoms with Crippen molar-refractivity contribution < 1.29 is 24.2 Å². The average Bonchev–Trinajstić information content (AvgIpc) is 2.96. The summed E-state index contributed by atoms with van der Waals surface area (Å²) in [6, 6.07) is 21.0. The van der Waals surface area contributed by atoms with Crippen molar-refractivity contribution in [1.82, 2.24) is 15.2 Å². The second-order valence-electron chi connectivity index (χ2n) is 8.14. The summed E-state index contributed by atoms with van der Waals surface area (Å²) in [7, 11) is 3.21. The molecule has 0 aliphatic rings. The highest BCUT2D eigenvalue weighted by atomic mass is 32.2. The first-order valence-corrected chi connectivity index (χ1v) is 12.6. The molecule has 0 saturated heterocycles. The average molecular weight is 531 g/mol. The van der Waals surface area contributed by atoms with Gasteiger partial charge in [-0.05, 0) is 79.2 Å². The molecular formula is C28H26N4O5S. The second kappa shape index (κ2) is 12.2. The first-order valence-electron chi connectivity index (χ1n) is 11.8. The van der Waals surface area contributed by atoms with Gasteiger partial charge >= 0.3 is 5.97 Å². The van der Waals surface area contributed by atoms with Gasteiger partial charge in [0.1, 0.15) is 22.9 Å². The Labute approximate surface area is 224 Å². The van der Waals surface area contributed by atoms with Gasteiger partial charge in [-0.2, -0.15) is 0 Å². The van der Waals surface area contributed by atoms with E-state index in [1.54, 1.807) is 26.4 Å². The zero-order chi connectivity index (χ0) is 27.1. The molecule has 1 unspecified atom stereocenters. The molecule has 194 valence electrons. The van der Waals surface area contributed by atoms with Crippen molar-refractivity contribution in [2.24, 2.45) is 0 Å². The highest BCUT2D eigenvalue weighted by Crippen LogP contribution is 2.33. The summed E-state index contributed by atoms with van der Waals surface area (Å²) in [6.45, 7) is 1.90. The Kier molecular flexibility index (Phi) is 8.55. The van der Waals surface area contributed by atoms with E-state index in [4.69, 9.17) is 19.6 Å². The van der Waals surface area contributed by atoms with Crippen LogP contribution in [0.25, 0.3) is 22.5 Å². The molecule has 3 aromatic carbocycles.